The predicted molar refractivity (Wildman–Crippen MR) is 118 cm³/mol. The molecule has 7 nitrogen and oxygen atoms in total. The van der Waals surface area contributed by atoms with Gasteiger partial charge >= 0.3 is 6.03 Å². The van der Waals surface area contributed by atoms with Crippen LogP contribution in [0.4, 0.5) is 16.3 Å². The second-order valence-electron chi connectivity index (χ2n) is 9.53. The molecule has 0 bridgehead atoms. The number of nitrogens with zero attached hydrogens (tertiary/aromatic N) is 2. The van der Waals surface area contributed by atoms with Gasteiger partial charge in [-0.15, -0.1) is 0 Å². The van der Waals surface area contributed by atoms with Crippen LogP contribution in [-0.2, 0) is 11.0 Å². The van der Waals surface area contributed by atoms with E-state index in [0.717, 1.165) is 5.69 Å². The van der Waals surface area contributed by atoms with Gasteiger partial charge in [-0.25, -0.2) is 9.48 Å². The molecule has 7 heteroatoms. The highest BCUT2D eigenvalue weighted by molar-refractivity contribution is 6.04. The largest absolute Gasteiger partial charge is 0.336 e. The summed E-state index contributed by atoms with van der Waals surface area (Å²) in [7, 11) is 0. The Balaban J connectivity index is 2.18. The third kappa shape index (κ3) is 6.07. The summed E-state index contributed by atoms with van der Waals surface area (Å²) in [5.74, 6) is 0.431. The van der Waals surface area contributed by atoms with E-state index in [0.29, 0.717) is 17.1 Å². The van der Waals surface area contributed by atoms with Gasteiger partial charge in [0, 0.05) is 28.8 Å². The normalized spacial score (nSPS) is 12.0. The van der Waals surface area contributed by atoms with Crippen LogP contribution in [0.5, 0.6) is 0 Å². The molecule has 1 aromatic carbocycles. The molecule has 0 radical (unpaired) electrons. The number of urea groups is 1. The van der Waals surface area contributed by atoms with Crippen molar-refractivity contribution in [1.82, 2.24) is 15.1 Å². The van der Waals surface area contributed by atoms with Crippen LogP contribution >= 0.6 is 0 Å². The van der Waals surface area contributed by atoms with Crippen LogP contribution in [-0.4, -0.2) is 27.8 Å². The summed E-state index contributed by atoms with van der Waals surface area (Å²) in [6.07, 6.45) is 0. The van der Waals surface area contributed by atoms with Gasteiger partial charge in [0.15, 0.2) is 0 Å². The molecule has 0 saturated heterocycles. The molecule has 1 heterocycles. The van der Waals surface area contributed by atoms with Crippen LogP contribution < -0.4 is 16.0 Å². The molecule has 0 aliphatic rings. The number of carbonyl (C=O) groups excluding carboxylic acids is 2. The minimum Gasteiger partial charge on any atom is -0.336 e. The van der Waals surface area contributed by atoms with E-state index in [9.17, 15) is 9.59 Å². The highest BCUT2D eigenvalue weighted by Crippen LogP contribution is 2.28. The first kappa shape index (κ1) is 22.5. The third-order valence-electron chi connectivity index (χ3n) is 4.18. The van der Waals surface area contributed by atoms with E-state index in [1.54, 1.807) is 24.3 Å². The van der Waals surface area contributed by atoms with Crippen molar-refractivity contribution in [3.05, 3.63) is 41.6 Å². The van der Waals surface area contributed by atoms with Gasteiger partial charge in [0.25, 0.3) is 5.91 Å². The maximum absolute atomic E-state index is 12.8. The SMILES string of the molecule is CC(C)NC(=O)Nc1ccc(C(=O)Nc2cc(C(C)(C)C)nn2C(C)(C)C)cc1. The van der Waals surface area contributed by atoms with Gasteiger partial charge in [0.2, 0.25) is 0 Å². The molecule has 2 rings (SSSR count). The van der Waals surface area contributed by atoms with Crippen molar-refractivity contribution in [2.24, 2.45) is 0 Å². The molecule has 158 valence electrons. The molecule has 0 saturated carbocycles. The number of hydrogen-bond acceptors (Lipinski definition) is 3. The molecule has 3 N–H and O–H groups in total. The number of hydrogen-bond donors (Lipinski definition) is 3. The van der Waals surface area contributed by atoms with Crippen molar-refractivity contribution in [2.75, 3.05) is 10.6 Å². The van der Waals surface area contributed by atoms with Crippen LogP contribution in [0.15, 0.2) is 30.3 Å². The molecular weight excluding hydrogens is 366 g/mol. The van der Waals surface area contributed by atoms with Crippen molar-refractivity contribution in [3.8, 4) is 0 Å². The molecule has 29 heavy (non-hydrogen) atoms. The lowest BCUT2D eigenvalue weighted by atomic mass is 9.92. The highest BCUT2D eigenvalue weighted by Gasteiger charge is 2.26. The molecule has 1 aromatic heterocycles. The summed E-state index contributed by atoms with van der Waals surface area (Å²) in [6, 6.07) is 8.47. The van der Waals surface area contributed by atoms with Gasteiger partial charge in [0.1, 0.15) is 5.82 Å². The lowest BCUT2D eigenvalue weighted by molar-refractivity contribution is 0.102. The summed E-state index contributed by atoms with van der Waals surface area (Å²) >= 11 is 0. The molecule has 0 spiro atoms. The zero-order chi connectivity index (χ0) is 22.0. The molecule has 0 atom stereocenters. The Kier molecular flexibility index (Phi) is 6.40. The first-order chi connectivity index (χ1) is 13.3. The van der Waals surface area contributed by atoms with Gasteiger partial charge in [0.05, 0.1) is 11.2 Å². The van der Waals surface area contributed by atoms with E-state index in [-0.39, 0.29) is 28.9 Å². The Hall–Kier alpha value is -2.83. The predicted octanol–water partition coefficient (Wildman–Crippen LogP) is 4.72. The van der Waals surface area contributed by atoms with E-state index in [2.05, 4.69) is 36.7 Å². The minimum atomic E-state index is -0.277. The Labute approximate surface area is 173 Å². The van der Waals surface area contributed by atoms with Gasteiger partial charge in [-0.2, -0.15) is 5.10 Å². The number of amides is 3. The Morgan fingerprint density at radius 3 is 2.03 bits per heavy atom. The third-order valence-corrected chi connectivity index (χ3v) is 4.18. The summed E-state index contributed by atoms with van der Waals surface area (Å²) in [4.78, 5) is 24.6. The highest BCUT2D eigenvalue weighted by atomic mass is 16.2. The first-order valence-electron chi connectivity index (χ1n) is 9.87. The second-order valence-corrected chi connectivity index (χ2v) is 9.53. The monoisotopic (exact) mass is 399 g/mol. The number of aromatic nitrogens is 2. The second kappa shape index (κ2) is 8.27. The Morgan fingerprint density at radius 1 is 0.966 bits per heavy atom. The van der Waals surface area contributed by atoms with Gasteiger partial charge in [-0.05, 0) is 58.9 Å². The zero-order valence-corrected chi connectivity index (χ0v) is 18.7. The van der Waals surface area contributed by atoms with Gasteiger partial charge in [-0.3, -0.25) is 4.79 Å². The van der Waals surface area contributed by atoms with Gasteiger partial charge < -0.3 is 16.0 Å². The standard InChI is InChI=1S/C22H33N5O2/c1-14(2)23-20(29)24-16-11-9-15(10-12-16)19(28)25-18-13-17(21(3,4)5)26-27(18)22(6,7)8/h9-14H,1-8H3,(H,25,28)(H2,23,24,29). The summed E-state index contributed by atoms with van der Waals surface area (Å²) < 4.78 is 1.84. The molecular formula is C22H33N5O2. The summed E-state index contributed by atoms with van der Waals surface area (Å²) in [6.45, 7) is 16.2. The fraction of sp³-hybridized carbons (Fsp3) is 0.500. The molecule has 0 fully saturated rings. The number of rotatable bonds is 4. The minimum absolute atomic E-state index is 0.0470. The lowest BCUT2D eigenvalue weighted by Crippen LogP contribution is -2.34. The zero-order valence-electron chi connectivity index (χ0n) is 18.7. The fourth-order valence-electron chi connectivity index (χ4n) is 2.67. The summed E-state index contributed by atoms with van der Waals surface area (Å²) in [5, 5.41) is 13.2. The lowest BCUT2D eigenvalue weighted by Gasteiger charge is -2.23. The molecule has 3 amide bonds. The number of carbonyl (C=O) groups is 2. The molecule has 0 aliphatic heterocycles. The van der Waals surface area contributed by atoms with E-state index < -0.39 is 0 Å². The molecule has 0 unspecified atom stereocenters. The van der Waals surface area contributed by atoms with Crippen LogP contribution in [0.25, 0.3) is 0 Å². The molecule has 2 aromatic rings. The maximum atomic E-state index is 12.8. The average Bonchev–Trinajstić information content (AvgIpc) is 2.99. The maximum Gasteiger partial charge on any atom is 0.319 e. The van der Waals surface area contributed by atoms with Gasteiger partial charge in [-0.1, -0.05) is 20.8 Å². The Morgan fingerprint density at radius 2 is 1.55 bits per heavy atom. The van der Waals surface area contributed by atoms with E-state index in [4.69, 9.17) is 5.10 Å². The van der Waals surface area contributed by atoms with Crippen molar-refractivity contribution < 1.29 is 9.59 Å². The number of benzene rings is 1. The van der Waals surface area contributed by atoms with Crippen molar-refractivity contribution in [2.45, 2.75) is 72.4 Å². The fourth-order valence-corrected chi connectivity index (χ4v) is 2.67. The topological polar surface area (TPSA) is 88.1 Å². The van der Waals surface area contributed by atoms with Crippen LogP contribution in [0, 0.1) is 0 Å². The van der Waals surface area contributed by atoms with Crippen molar-refractivity contribution in [3.63, 3.8) is 0 Å². The first-order valence-corrected chi connectivity index (χ1v) is 9.87. The Bertz CT molecular complexity index is 868. The number of nitrogens with one attached hydrogen (secondary N) is 3. The van der Waals surface area contributed by atoms with Crippen LogP contribution in [0.2, 0.25) is 0 Å². The molecule has 0 aliphatic carbocycles. The number of anilines is 2. The van der Waals surface area contributed by atoms with Crippen LogP contribution in [0.3, 0.4) is 0 Å². The quantitative estimate of drug-likeness (QED) is 0.695. The van der Waals surface area contributed by atoms with E-state index in [1.807, 2.05) is 45.4 Å². The van der Waals surface area contributed by atoms with E-state index >= 15 is 0 Å². The van der Waals surface area contributed by atoms with Crippen molar-refractivity contribution in [1.29, 1.82) is 0 Å². The smallest absolute Gasteiger partial charge is 0.319 e. The van der Waals surface area contributed by atoms with Crippen molar-refractivity contribution >= 4 is 23.4 Å². The van der Waals surface area contributed by atoms with E-state index in [1.165, 1.54) is 0 Å². The summed E-state index contributed by atoms with van der Waals surface area (Å²) in [5.41, 5.74) is 1.63. The van der Waals surface area contributed by atoms with Crippen LogP contribution in [0.1, 0.15) is 71.4 Å². The average molecular weight is 400 g/mol.